The second kappa shape index (κ2) is 11.4. The average molecular weight is 555 g/mol. The fraction of sp³-hybridized carbons (Fsp3) is 0.219. The number of nitrogens with zero attached hydrogens (tertiary/aromatic N) is 2. The Bertz CT molecular complexity index is 1610. The molecule has 2 heterocycles. The molecule has 1 aliphatic rings. The van der Waals surface area contributed by atoms with Crippen LogP contribution in [-0.4, -0.2) is 35.0 Å². The van der Waals surface area contributed by atoms with Crippen molar-refractivity contribution in [3.8, 4) is 22.1 Å². The van der Waals surface area contributed by atoms with Gasteiger partial charge in [0.15, 0.2) is 17.3 Å². The zero-order valence-electron chi connectivity index (χ0n) is 22.8. The summed E-state index contributed by atoms with van der Waals surface area (Å²) < 4.78 is 11.5. The molecule has 0 fully saturated rings. The average Bonchev–Trinajstić information content (AvgIpc) is 3.47. The smallest absolute Gasteiger partial charge is 0.294 e. The highest BCUT2D eigenvalue weighted by molar-refractivity contribution is 7.17. The van der Waals surface area contributed by atoms with Crippen LogP contribution in [0.15, 0.2) is 84.1 Å². The van der Waals surface area contributed by atoms with Gasteiger partial charge in [-0.15, -0.1) is 11.3 Å². The van der Waals surface area contributed by atoms with E-state index in [0.29, 0.717) is 51.5 Å². The predicted molar refractivity (Wildman–Crippen MR) is 156 cm³/mol. The van der Waals surface area contributed by atoms with Crippen LogP contribution in [0.2, 0.25) is 0 Å². The number of aryl methyl sites for hydroxylation is 2. The fourth-order valence-electron chi connectivity index (χ4n) is 4.88. The Morgan fingerprint density at radius 2 is 1.68 bits per heavy atom. The molecular formula is C32H30N2O5S. The fourth-order valence-corrected chi connectivity index (χ4v) is 5.91. The van der Waals surface area contributed by atoms with Crippen molar-refractivity contribution >= 4 is 28.7 Å². The summed E-state index contributed by atoms with van der Waals surface area (Å²) in [5.41, 5.74) is 3.61. The van der Waals surface area contributed by atoms with Gasteiger partial charge < -0.3 is 14.6 Å². The Morgan fingerprint density at radius 1 is 0.950 bits per heavy atom. The normalized spacial score (nSPS) is 15.1. The second-order valence-corrected chi connectivity index (χ2v) is 10.4. The highest BCUT2D eigenvalue weighted by atomic mass is 32.1. The van der Waals surface area contributed by atoms with E-state index >= 15 is 0 Å². The third-order valence-electron chi connectivity index (χ3n) is 6.64. The molecule has 0 saturated carbocycles. The van der Waals surface area contributed by atoms with Crippen LogP contribution in [0, 0.1) is 13.8 Å². The van der Waals surface area contributed by atoms with Gasteiger partial charge in [0.25, 0.3) is 5.91 Å². The summed E-state index contributed by atoms with van der Waals surface area (Å²) in [6, 6.07) is 21.5. The quantitative estimate of drug-likeness (QED) is 0.224. The van der Waals surface area contributed by atoms with Gasteiger partial charge in [0.05, 0.1) is 35.4 Å². The standard InChI is InChI=1S/C32H30N2O5S/c1-5-38-24-16-15-23(18-25(24)39-6-2)34-27(22-14-10-11-19(3)17-22)26(29(36)32(34)37)28(35)30-20(4)33-31(40-30)21-12-8-7-9-13-21/h7-18,27,36H,5-6H2,1-4H3. The van der Waals surface area contributed by atoms with Crippen molar-refractivity contribution in [1.29, 1.82) is 0 Å². The zero-order chi connectivity index (χ0) is 28.4. The molecule has 7 nitrogen and oxygen atoms in total. The van der Waals surface area contributed by atoms with Gasteiger partial charge in [-0.05, 0) is 45.4 Å². The lowest BCUT2D eigenvalue weighted by molar-refractivity contribution is -0.117. The molecule has 3 aromatic carbocycles. The maximum Gasteiger partial charge on any atom is 0.294 e. The van der Waals surface area contributed by atoms with Crippen molar-refractivity contribution in [3.05, 3.63) is 106 Å². The molecule has 0 aliphatic carbocycles. The first-order valence-corrected chi connectivity index (χ1v) is 14.0. The van der Waals surface area contributed by atoms with Crippen LogP contribution in [-0.2, 0) is 4.79 Å². The number of hydrogen-bond acceptors (Lipinski definition) is 7. The lowest BCUT2D eigenvalue weighted by Gasteiger charge is -2.28. The van der Waals surface area contributed by atoms with E-state index in [1.807, 2.05) is 75.4 Å². The van der Waals surface area contributed by atoms with E-state index in [1.54, 1.807) is 25.1 Å². The summed E-state index contributed by atoms with van der Waals surface area (Å²) in [4.78, 5) is 34.3. The van der Waals surface area contributed by atoms with Crippen molar-refractivity contribution in [2.24, 2.45) is 0 Å². The maximum atomic E-state index is 14.2. The number of ether oxygens (including phenoxy) is 2. The zero-order valence-corrected chi connectivity index (χ0v) is 23.6. The maximum absolute atomic E-state index is 14.2. The molecule has 1 unspecified atom stereocenters. The Hall–Kier alpha value is -4.43. The monoisotopic (exact) mass is 554 g/mol. The third-order valence-corrected chi connectivity index (χ3v) is 7.84. The van der Waals surface area contributed by atoms with Crippen LogP contribution in [0.4, 0.5) is 5.69 Å². The van der Waals surface area contributed by atoms with Crippen LogP contribution in [0.3, 0.4) is 0 Å². The molecule has 1 amide bonds. The SMILES string of the molecule is CCOc1ccc(N2C(=O)C(O)=C(C(=O)c3sc(-c4ccccc4)nc3C)C2c2cccc(C)c2)cc1OCC. The minimum atomic E-state index is -0.853. The lowest BCUT2D eigenvalue weighted by Crippen LogP contribution is -2.31. The minimum absolute atomic E-state index is 0.0220. The summed E-state index contributed by atoms with van der Waals surface area (Å²) in [6.45, 7) is 8.31. The summed E-state index contributed by atoms with van der Waals surface area (Å²) in [5.74, 6) is -0.630. The van der Waals surface area contributed by atoms with E-state index in [4.69, 9.17) is 9.47 Å². The van der Waals surface area contributed by atoms with Gasteiger partial charge in [0.1, 0.15) is 5.01 Å². The predicted octanol–water partition coefficient (Wildman–Crippen LogP) is 7.01. The number of carbonyl (C=O) groups excluding carboxylic acids is 2. The van der Waals surface area contributed by atoms with Crippen LogP contribution < -0.4 is 14.4 Å². The van der Waals surface area contributed by atoms with Gasteiger partial charge in [-0.1, -0.05) is 60.2 Å². The van der Waals surface area contributed by atoms with Crippen LogP contribution in [0.5, 0.6) is 11.5 Å². The van der Waals surface area contributed by atoms with Crippen molar-refractivity contribution < 1.29 is 24.2 Å². The molecule has 8 heteroatoms. The van der Waals surface area contributed by atoms with E-state index in [2.05, 4.69) is 4.98 Å². The van der Waals surface area contributed by atoms with E-state index in [-0.39, 0.29) is 5.57 Å². The van der Waals surface area contributed by atoms with E-state index in [9.17, 15) is 14.7 Å². The lowest BCUT2D eigenvalue weighted by atomic mass is 9.94. The number of hydrogen-bond donors (Lipinski definition) is 1. The Labute approximate surface area is 237 Å². The number of rotatable bonds is 9. The Balaban J connectivity index is 1.63. The first-order chi connectivity index (χ1) is 19.3. The number of aliphatic hydroxyl groups is 1. The molecule has 0 saturated heterocycles. The minimum Gasteiger partial charge on any atom is -0.503 e. The molecular weight excluding hydrogens is 524 g/mol. The molecule has 0 radical (unpaired) electrons. The van der Waals surface area contributed by atoms with Gasteiger partial charge in [-0.25, -0.2) is 4.98 Å². The topological polar surface area (TPSA) is 89.0 Å². The number of aliphatic hydroxyl groups excluding tert-OH is 1. The number of carbonyl (C=O) groups is 2. The van der Waals surface area contributed by atoms with Gasteiger partial charge in [0, 0.05) is 17.3 Å². The van der Waals surface area contributed by atoms with Gasteiger partial charge in [0.2, 0.25) is 5.78 Å². The molecule has 40 heavy (non-hydrogen) atoms. The number of amides is 1. The number of Topliss-reactive ketones (excluding diaryl/α,β-unsaturated/α-hetero) is 1. The summed E-state index contributed by atoms with van der Waals surface area (Å²) in [5, 5.41) is 11.9. The molecule has 0 spiro atoms. The molecule has 1 aliphatic heterocycles. The molecule has 1 atom stereocenters. The highest BCUT2D eigenvalue weighted by Crippen LogP contribution is 2.45. The number of thiazole rings is 1. The summed E-state index contributed by atoms with van der Waals surface area (Å²) in [7, 11) is 0. The molecule has 5 rings (SSSR count). The van der Waals surface area contributed by atoms with Crippen molar-refractivity contribution in [3.63, 3.8) is 0 Å². The Kier molecular flexibility index (Phi) is 7.71. The third kappa shape index (κ3) is 4.98. The van der Waals surface area contributed by atoms with Crippen LogP contribution in [0.1, 0.15) is 46.4 Å². The second-order valence-electron chi connectivity index (χ2n) is 9.38. The molecule has 204 valence electrons. The largest absolute Gasteiger partial charge is 0.503 e. The van der Waals surface area contributed by atoms with Crippen LogP contribution >= 0.6 is 11.3 Å². The van der Waals surface area contributed by atoms with Gasteiger partial charge in [-0.2, -0.15) is 0 Å². The number of ketones is 1. The summed E-state index contributed by atoms with van der Waals surface area (Å²) >= 11 is 1.25. The number of benzene rings is 3. The van der Waals surface area contributed by atoms with E-state index < -0.39 is 23.5 Å². The molecule has 4 aromatic rings. The van der Waals surface area contributed by atoms with Gasteiger partial charge >= 0.3 is 0 Å². The number of anilines is 1. The Morgan fingerprint density at radius 3 is 2.38 bits per heavy atom. The van der Waals surface area contributed by atoms with E-state index in [1.165, 1.54) is 16.2 Å². The van der Waals surface area contributed by atoms with Gasteiger partial charge in [-0.3, -0.25) is 14.5 Å². The van der Waals surface area contributed by atoms with Crippen molar-refractivity contribution in [1.82, 2.24) is 4.98 Å². The first-order valence-electron chi connectivity index (χ1n) is 13.1. The molecule has 0 bridgehead atoms. The van der Waals surface area contributed by atoms with Crippen molar-refractivity contribution in [2.45, 2.75) is 33.7 Å². The van der Waals surface area contributed by atoms with E-state index in [0.717, 1.165) is 11.1 Å². The first kappa shape index (κ1) is 27.1. The molecule has 1 N–H and O–H groups in total. The summed E-state index contributed by atoms with van der Waals surface area (Å²) in [6.07, 6.45) is 0. The molecule has 1 aromatic heterocycles. The number of aromatic nitrogens is 1. The van der Waals surface area contributed by atoms with Crippen LogP contribution in [0.25, 0.3) is 10.6 Å². The van der Waals surface area contributed by atoms with Crippen molar-refractivity contribution in [2.75, 3.05) is 18.1 Å². The highest BCUT2D eigenvalue weighted by Gasteiger charge is 2.45.